The van der Waals surface area contributed by atoms with Gasteiger partial charge in [0.2, 0.25) is 0 Å². The van der Waals surface area contributed by atoms with Crippen molar-refractivity contribution in [1.82, 2.24) is 15.0 Å². The lowest BCUT2D eigenvalue weighted by molar-refractivity contribution is 0.950. The zero-order valence-electron chi connectivity index (χ0n) is 9.94. The highest BCUT2D eigenvalue weighted by Crippen LogP contribution is 2.18. The number of nitrogens with two attached hydrogens (primary N) is 1. The highest BCUT2D eigenvalue weighted by atomic mass is 15.0. The quantitative estimate of drug-likeness (QED) is 0.837. The van der Waals surface area contributed by atoms with Crippen molar-refractivity contribution in [1.29, 1.82) is 0 Å². The van der Waals surface area contributed by atoms with Crippen molar-refractivity contribution in [2.45, 2.75) is 20.4 Å². The van der Waals surface area contributed by atoms with Gasteiger partial charge in [0.15, 0.2) is 0 Å². The van der Waals surface area contributed by atoms with Gasteiger partial charge in [0, 0.05) is 12.4 Å². The summed E-state index contributed by atoms with van der Waals surface area (Å²) in [5, 5.41) is 3.17. The summed E-state index contributed by atoms with van der Waals surface area (Å²) < 4.78 is 0. The monoisotopic (exact) mass is 229 g/mol. The molecule has 2 aromatic heterocycles. The normalized spacial score (nSPS) is 10.2. The molecule has 0 aliphatic rings. The summed E-state index contributed by atoms with van der Waals surface area (Å²) in [6, 6.07) is 3.75. The number of nitrogens with one attached hydrogen (secondary N) is 1. The fourth-order valence-corrected chi connectivity index (χ4v) is 1.49. The number of rotatable bonds is 3. The molecule has 2 heterocycles. The average Bonchev–Trinajstić information content (AvgIpc) is 2.31. The van der Waals surface area contributed by atoms with Crippen molar-refractivity contribution in [3.05, 3.63) is 41.6 Å². The van der Waals surface area contributed by atoms with Crippen LogP contribution in [0, 0.1) is 13.8 Å². The van der Waals surface area contributed by atoms with Crippen LogP contribution in [0.5, 0.6) is 0 Å². The first-order chi connectivity index (χ1) is 8.16. The summed E-state index contributed by atoms with van der Waals surface area (Å²) in [6.45, 7) is 4.41. The molecule has 0 radical (unpaired) electrons. The van der Waals surface area contributed by atoms with E-state index in [4.69, 9.17) is 5.73 Å². The Morgan fingerprint density at radius 2 is 1.94 bits per heavy atom. The molecule has 0 atom stereocenters. The van der Waals surface area contributed by atoms with Crippen LogP contribution in [0.25, 0.3) is 0 Å². The predicted molar refractivity (Wildman–Crippen MR) is 67.5 cm³/mol. The van der Waals surface area contributed by atoms with E-state index in [1.165, 1.54) is 0 Å². The number of anilines is 2. The molecule has 0 fully saturated rings. The maximum atomic E-state index is 5.92. The Bertz CT molecular complexity index is 524. The average molecular weight is 229 g/mol. The molecular formula is C12H15N5. The topological polar surface area (TPSA) is 76.7 Å². The minimum atomic E-state index is 0.587. The lowest BCUT2D eigenvalue weighted by Crippen LogP contribution is -2.07. The summed E-state index contributed by atoms with van der Waals surface area (Å²) in [5.74, 6) is 1.45. The molecule has 3 N–H and O–H groups in total. The van der Waals surface area contributed by atoms with E-state index in [-0.39, 0.29) is 0 Å². The number of nitrogen functional groups attached to an aromatic ring is 1. The zero-order chi connectivity index (χ0) is 12.3. The van der Waals surface area contributed by atoms with Crippen LogP contribution in [0.3, 0.4) is 0 Å². The molecule has 0 aromatic carbocycles. The molecule has 2 rings (SSSR count). The fourth-order valence-electron chi connectivity index (χ4n) is 1.49. The molecule has 0 unspecified atom stereocenters. The van der Waals surface area contributed by atoms with Crippen LogP contribution in [0.1, 0.15) is 17.1 Å². The molecule has 5 heteroatoms. The largest absolute Gasteiger partial charge is 0.396 e. The van der Waals surface area contributed by atoms with Crippen molar-refractivity contribution in [2.75, 3.05) is 11.1 Å². The summed E-state index contributed by atoms with van der Waals surface area (Å²) in [4.78, 5) is 12.5. The molecular weight excluding hydrogens is 214 g/mol. The van der Waals surface area contributed by atoms with E-state index in [1.54, 1.807) is 12.4 Å². The van der Waals surface area contributed by atoms with Gasteiger partial charge in [-0.2, -0.15) is 0 Å². The molecule has 0 saturated carbocycles. The highest BCUT2D eigenvalue weighted by Gasteiger charge is 2.03. The Balaban J connectivity index is 2.10. The number of aromatic nitrogens is 3. The second-order valence-corrected chi connectivity index (χ2v) is 3.84. The van der Waals surface area contributed by atoms with Gasteiger partial charge in [0.05, 0.1) is 17.9 Å². The van der Waals surface area contributed by atoms with Crippen LogP contribution in [-0.2, 0) is 6.54 Å². The smallest absolute Gasteiger partial charge is 0.149 e. The Kier molecular flexibility index (Phi) is 3.18. The third kappa shape index (κ3) is 2.69. The van der Waals surface area contributed by atoms with E-state index in [1.807, 2.05) is 26.0 Å². The maximum absolute atomic E-state index is 5.92. The van der Waals surface area contributed by atoms with Gasteiger partial charge in [0.25, 0.3) is 0 Å². The SMILES string of the molecule is Cc1nccc(CNc2nccc(C)c2N)n1. The fraction of sp³-hybridized carbons (Fsp3) is 0.250. The number of pyridine rings is 1. The van der Waals surface area contributed by atoms with Crippen molar-refractivity contribution in [3.8, 4) is 0 Å². The molecule has 5 nitrogen and oxygen atoms in total. The van der Waals surface area contributed by atoms with Crippen molar-refractivity contribution < 1.29 is 0 Å². The number of aryl methyl sites for hydroxylation is 2. The highest BCUT2D eigenvalue weighted by molar-refractivity contribution is 5.64. The molecule has 0 aliphatic carbocycles. The van der Waals surface area contributed by atoms with Gasteiger partial charge in [0.1, 0.15) is 11.6 Å². The number of hydrogen-bond donors (Lipinski definition) is 2. The lowest BCUT2D eigenvalue weighted by atomic mass is 10.2. The second kappa shape index (κ2) is 4.78. The lowest BCUT2D eigenvalue weighted by Gasteiger charge is -2.09. The van der Waals surface area contributed by atoms with E-state index in [0.717, 1.165) is 17.1 Å². The van der Waals surface area contributed by atoms with Crippen LogP contribution in [0.15, 0.2) is 24.5 Å². The van der Waals surface area contributed by atoms with Crippen molar-refractivity contribution in [3.63, 3.8) is 0 Å². The molecule has 88 valence electrons. The Morgan fingerprint density at radius 1 is 1.18 bits per heavy atom. The standard InChI is InChI=1S/C12H15N5/c1-8-3-5-15-12(11(8)13)16-7-10-4-6-14-9(2)17-10/h3-6H,7,13H2,1-2H3,(H,15,16). The first-order valence-electron chi connectivity index (χ1n) is 5.40. The minimum Gasteiger partial charge on any atom is -0.396 e. The summed E-state index contributed by atoms with van der Waals surface area (Å²) in [7, 11) is 0. The van der Waals surface area contributed by atoms with Crippen LogP contribution in [0.2, 0.25) is 0 Å². The van der Waals surface area contributed by atoms with Crippen molar-refractivity contribution >= 4 is 11.5 Å². The summed E-state index contributed by atoms with van der Waals surface area (Å²) in [5.41, 5.74) is 8.53. The minimum absolute atomic E-state index is 0.587. The Labute approximate surface area is 100 Å². The van der Waals surface area contributed by atoms with Gasteiger partial charge < -0.3 is 11.1 Å². The Hall–Kier alpha value is -2.17. The Morgan fingerprint density at radius 3 is 2.71 bits per heavy atom. The molecule has 0 spiro atoms. The maximum Gasteiger partial charge on any atom is 0.149 e. The van der Waals surface area contributed by atoms with Gasteiger partial charge in [-0.15, -0.1) is 0 Å². The second-order valence-electron chi connectivity index (χ2n) is 3.84. The van der Waals surface area contributed by atoms with E-state index in [9.17, 15) is 0 Å². The number of nitrogens with zero attached hydrogens (tertiary/aromatic N) is 3. The summed E-state index contributed by atoms with van der Waals surface area (Å²) in [6.07, 6.45) is 3.48. The third-order valence-electron chi connectivity index (χ3n) is 2.48. The van der Waals surface area contributed by atoms with Gasteiger partial charge in [-0.25, -0.2) is 15.0 Å². The molecule has 2 aromatic rings. The molecule has 0 amide bonds. The van der Waals surface area contributed by atoms with Crippen molar-refractivity contribution in [2.24, 2.45) is 0 Å². The van der Waals surface area contributed by atoms with Crippen LogP contribution >= 0.6 is 0 Å². The zero-order valence-corrected chi connectivity index (χ0v) is 9.94. The van der Waals surface area contributed by atoms with Gasteiger partial charge >= 0.3 is 0 Å². The molecule has 0 bridgehead atoms. The van der Waals surface area contributed by atoms with E-state index >= 15 is 0 Å². The first-order valence-corrected chi connectivity index (χ1v) is 5.40. The van der Waals surface area contributed by atoms with Crippen LogP contribution in [-0.4, -0.2) is 15.0 Å². The van der Waals surface area contributed by atoms with Crippen LogP contribution < -0.4 is 11.1 Å². The van der Waals surface area contributed by atoms with Crippen LogP contribution in [0.4, 0.5) is 11.5 Å². The number of hydrogen-bond acceptors (Lipinski definition) is 5. The molecule has 17 heavy (non-hydrogen) atoms. The molecule has 0 aliphatic heterocycles. The molecule has 0 saturated heterocycles. The van der Waals surface area contributed by atoms with Gasteiger partial charge in [-0.1, -0.05) is 0 Å². The summed E-state index contributed by atoms with van der Waals surface area (Å²) >= 11 is 0. The predicted octanol–water partition coefficient (Wildman–Crippen LogP) is 1.68. The van der Waals surface area contributed by atoms with E-state index < -0.39 is 0 Å². The van der Waals surface area contributed by atoms with E-state index in [0.29, 0.717) is 18.1 Å². The van der Waals surface area contributed by atoms with E-state index in [2.05, 4.69) is 20.3 Å². The third-order valence-corrected chi connectivity index (χ3v) is 2.48. The van der Waals surface area contributed by atoms with Gasteiger partial charge in [-0.3, -0.25) is 0 Å². The first kappa shape index (κ1) is 11.3. The van der Waals surface area contributed by atoms with Gasteiger partial charge in [-0.05, 0) is 31.5 Å².